The normalized spacial score (nSPS) is 10.2. The van der Waals surface area contributed by atoms with Crippen molar-refractivity contribution in [2.75, 3.05) is 17.7 Å². The molecule has 3 aromatic rings. The lowest BCUT2D eigenvalue weighted by molar-refractivity contribution is 0.102. The molecular formula is C19H17N3O2. The van der Waals surface area contributed by atoms with E-state index < -0.39 is 0 Å². The summed E-state index contributed by atoms with van der Waals surface area (Å²) in [7, 11) is 1.55. The van der Waals surface area contributed by atoms with Crippen LogP contribution in [0, 0.1) is 0 Å². The third kappa shape index (κ3) is 3.52. The summed E-state index contributed by atoms with van der Waals surface area (Å²) in [4.78, 5) is 23.6. The van der Waals surface area contributed by atoms with Gasteiger partial charge in [0.2, 0.25) is 0 Å². The zero-order valence-electron chi connectivity index (χ0n) is 13.2. The first-order valence-corrected chi connectivity index (χ1v) is 7.54. The van der Waals surface area contributed by atoms with E-state index >= 15 is 0 Å². The molecule has 3 aromatic carbocycles. The molecular weight excluding hydrogens is 302 g/mol. The van der Waals surface area contributed by atoms with E-state index in [1.165, 1.54) is 0 Å². The van der Waals surface area contributed by atoms with Gasteiger partial charge in [0.1, 0.15) is 0 Å². The minimum Gasteiger partial charge on any atom is -0.341 e. The predicted octanol–water partition coefficient (Wildman–Crippen LogP) is 3.84. The molecule has 0 aliphatic rings. The van der Waals surface area contributed by atoms with Gasteiger partial charge in [-0.3, -0.25) is 4.79 Å². The molecule has 0 aliphatic carbocycles. The molecule has 0 saturated carbocycles. The van der Waals surface area contributed by atoms with Crippen LogP contribution in [0.4, 0.5) is 16.2 Å². The van der Waals surface area contributed by atoms with Crippen molar-refractivity contribution in [3.05, 3.63) is 72.3 Å². The van der Waals surface area contributed by atoms with E-state index in [1.54, 1.807) is 37.4 Å². The molecule has 0 aliphatic heterocycles. The summed E-state index contributed by atoms with van der Waals surface area (Å²) in [5.74, 6) is -0.173. The van der Waals surface area contributed by atoms with Crippen LogP contribution < -0.4 is 16.0 Å². The summed E-state index contributed by atoms with van der Waals surface area (Å²) in [6.07, 6.45) is 0. The molecule has 3 amide bonds. The molecule has 0 saturated heterocycles. The van der Waals surface area contributed by atoms with Gasteiger partial charge in [-0.15, -0.1) is 0 Å². The first-order valence-electron chi connectivity index (χ1n) is 7.54. The highest BCUT2D eigenvalue weighted by molar-refractivity contribution is 6.06. The average molecular weight is 319 g/mol. The number of urea groups is 1. The number of amides is 3. The molecule has 0 unspecified atom stereocenters. The topological polar surface area (TPSA) is 70.2 Å². The third-order valence-electron chi connectivity index (χ3n) is 3.64. The van der Waals surface area contributed by atoms with Crippen LogP contribution in [0.15, 0.2) is 66.7 Å². The summed E-state index contributed by atoms with van der Waals surface area (Å²) >= 11 is 0. The van der Waals surface area contributed by atoms with Gasteiger partial charge in [-0.05, 0) is 47.2 Å². The van der Waals surface area contributed by atoms with E-state index in [1.807, 2.05) is 36.4 Å². The molecule has 0 bridgehead atoms. The van der Waals surface area contributed by atoms with Gasteiger partial charge in [0.05, 0.1) is 0 Å². The van der Waals surface area contributed by atoms with Crippen molar-refractivity contribution in [3.63, 3.8) is 0 Å². The number of hydrogen-bond donors (Lipinski definition) is 3. The van der Waals surface area contributed by atoms with Crippen LogP contribution in [-0.2, 0) is 0 Å². The molecule has 0 heterocycles. The molecule has 0 fully saturated rings. The van der Waals surface area contributed by atoms with E-state index in [-0.39, 0.29) is 11.9 Å². The first-order chi connectivity index (χ1) is 11.7. The van der Waals surface area contributed by atoms with Crippen LogP contribution in [0.25, 0.3) is 10.8 Å². The zero-order valence-corrected chi connectivity index (χ0v) is 13.2. The van der Waals surface area contributed by atoms with Crippen molar-refractivity contribution in [2.24, 2.45) is 0 Å². The fraction of sp³-hybridized carbons (Fsp3) is 0.0526. The van der Waals surface area contributed by atoms with Gasteiger partial charge in [0.25, 0.3) is 5.91 Å². The second-order valence-electron chi connectivity index (χ2n) is 5.30. The van der Waals surface area contributed by atoms with Crippen LogP contribution >= 0.6 is 0 Å². The number of carbonyl (C=O) groups excluding carboxylic acids is 2. The van der Waals surface area contributed by atoms with Crippen LogP contribution in [0.1, 0.15) is 10.4 Å². The Morgan fingerprint density at radius 2 is 1.38 bits per heavy atom. The maximum atomic E-state index is 12.4. The molecule has 0 atom stereocenters. The Balaban J connectivity index is 1.72. The number of benzene rings is 3. The largest absolute Gasteiger partial charge is 0.341 e. The van der Waals surface area contributed by atoms with Crippen molar-refractivity contribution in [1.82, 2.24) is 5.32 Å². The van der Waals surface area contributed by atoms with Crippen molar-refractivity contribution in [1.29, 1.82) is 0 Å². The maximum Gasteiger partial charge on any atom is 0.318 e. The van der Waals surface area contributed by atoms with Gasteiger partial charge in [-0.2, -0.15) is 0 Å². The Morgan fingerprint density at radius 1 is 0.750 bits per heavy atom. The van der Waals surface area contributed by atoms with Crippen molar-refractivity contribution < 1.29 is 9.59 Å². The summed E-state index contributed by atoms with van der Waals surface area (Å²) in [5.41, 5.74) is 1.91. The monoisotopic (exact) mass is 319 g/mol. The van der Waals surface area contributed by atoms with E-state index in [2.05, 4.69) is 16.0 Å². The van der Waals surface area contributed by atoms with E-state index in [0.717, 1.165) is 10.8 Å². The van der Waals surface area contributed by atoms with E-state index in [0.29, 0.717) is 16.9 Å². The predicted molar refractivity (Wildman–Crippen MR) is 96.4 cm³/mol. The molecule has 5 heteroatoms. The summed E-state index contributed by atoms with van der Waals surface area (Å²) in [5, 5.41) is 10.1. The highest BCUT2D eigenvalue weighted by Gasteiger charge is 2.07. The molecule has 24 heavy (non-hydrogen) atoms. The standard InChI is InChI=1S/C19H17N3O2/c1-20-19(24)22-17-10-8-16(9-11-17)21-18(23)15-7-6-13-4-2-3-5-14(13)12-15/h2-12H,1H3,(H,21,23)(H2,20,22,24). The first kappa shape index (κ1) is 15.6. The lowest BCUT2D eigenvalue weighted by Crippen LogP contribution is -2.24. The number of anilines is 2. The van der Waals surface area contributed by atoms with Gasteiger partial charge in [-0.25, -0.2) is 4.79 Å². The SMILES string of the molecule is CNC(=O)Nc1ccc(NC(=O)c2ccc3ccccc3c2)cc1. The van der Waals surface area contributed by atoms with Gasteiger partial charge in [-0.1, -0.05) is 30.3 Å². The summed E-state index contributed by atoms with van der Waals surface area (Å²) < 4.78 is 0. The smallest absolute Gasteiger partial charge is 0.318 e. The average Bonchev–Trinajstić information content (AvgIpc) is 2.62. The van der Waals surface area contributed by atoms with Gasteiger partial charge >= 0.3 is 6.03 Å². The van der Waals surface area contributed by atoms with Gasteiger partial charge < -0.3 is 16.0 Å². The summed E-state index contributed by atoms with van der Waals surface area (Å²) in [6.45, 7) is 0. The van der Waals surface area contributed by atoms with Crippen LogP contribution in [0.2, 0.25) is 0 Å². The van der Waals surface area contributed by atoms with E-state index in [9.17, 15) is 9.59 Å². The lowest BCUT2D eigenvalue weighted by Gasteiger charge is -2.08. The van der Waals surface area contributed by atoms with Crippen molar-refractivity contribution in [2.45, 2.75) is 0 Å². The van der Waals surface area contributed by atoms with E-state index in [4.69, 9.17) is 0 Å². The second-order valence-corrected chi connectivity index (χ2v) is 5.30. The number of hydrogen-bond acceptors (Lipinski definition) is 2. The van der Waals surface area contributed by atoms with Crippen LogP contribution in [0.5, 0.6) is 0 Å². The fourth-order valence-corrected chi connectivity index (χ4v) is 2.36. The number of fused-ring (bicyclic) bond motifs is 1. The van der Waals surface area contributed by atoms with Crippen LogP contribution in [0.3, 0.4) is 0 Å². The Labute approximate surface area is 139 Å². The molecule has 120 valence electrons. The van der Waals surface area contributed by atoms with Crippen LogP contribution in [-0.4, -0.2) is 19.0 Å². The highest BCUT2D eigenvalue weighted by Crippen LogP contribution is 2.18. The van der Waals surface area contributed by atoms with Crippen molar-refractivity contribution >= 4 is 34.1 Å². The minimum absolute atomic E-state index is 0.173. The zero-order chi connectivity index (χ0) is 16.9. The number of carbonyl (C=O) groups is 2. The third-order valence-corrected chi connectivity index (χ3v) is 3.64. The quantitative estimate of drug-likeness (QED) is 0.686. The molecule has 3 N–H and O–H groups in total. The number of rotatable bonds is 3. The second kappa shape index (κ2) is 6.83. The molecule has 0 aromatic heterocycles. The van der Waals surface area contributed by atoms with Gasteiger partial charge in [0.15, 0.2) is 0 Å². The van der Waals surface area contributed by atoms with Gasteiger partial charge in [0, 0.05) is 24.0 Å². The Bertz CT molecular complexity index is 889. The summed E-state index contributed by atoms with van der Waals surface area (Å²) in [6, 6.07) is 20.2. The molecule has 5 nitrogen and oxygen atoms in total. The molecule has 3 rings (SSSR count). The maximum absolute atomic E-state index is 12.4. The lowest BCUT2D eigenvalue weighted by atomic mass is 10.1. The molecule has 0 spiro atoms. The van der Waals surface area contributed by atoms with Crippen molar-refractivity contribution in [3.8, 4) is 0 Å². The Kier molecular flexibility index (Phi) is 4.43. The minimum atomic E-state index is -0.289. The fourth-order valence-electron chi connectivity index (χ4n) is 2.36. The highest BCUT2D eigenvalue weighted by atomic mass is 16.2. The Morgan fingerprint density at radius 3 is 2.04 bits per heavy atom. The Hall–Kier alpha value is -3.34. The number of nitrogens with one attached hydrogen (secondary N) is 3. The molecule has 0 radical (unpaired) electrons.